The van der Waals surface area contributed by atoms with Crippen LogP contribution in [0.15, 0.2) is 54.6 Å². The first kappa shape index (κ1) is 19.2. The average molecular weight is 368 g/mol. The molecule has 0 atom stereocenters. The molecule has 0 saturated carbocycles. The Kier molecular flexibility index (Phi) is 7.11. The van der Waals surface area contributed by atoms with Gasteiger partial charge in [0.1, 0.15) is 0 Å². The molecule has 1 heterocycles. The number of hydrogen-bond donors (Lipinski definition) is 1. The summed E-state index contributed by atoms with van der Waals surface area (Å²) in [5, 5.41) is 3.00. The van der Waals surface area contributed by atoms with E-state index in [0.717, 1.165) is 32.5 Å². The minimum Gasteiger partial charge on any atom is -0.493 e. The topological polar surface area (TPSA) is 50.8 Å². The molecule has 2 aromatic rings. The molecule has 27 heavy (non-hydrogen) atoms. The maximum Gasteiger partial charge on any atom is 0.257 e. The quantitative estimate of drug-likeness (QED) is 0.778. The number of ether oxygens (including phenoxy) is 2. The summed E-state index contributed by atoms with van der Waals surface area (Å²) in [6.07, 6.45) is 2.22. The van der Waals surface area contributed by atoms with Gasteiger partial charge in [-0.15, -0.1) is 0 Å². The molecule has 1 N–H and O–H groups in total. The molecule has 0 aromatic heterocycles. The summed E-state index contributed by atoms with van der Waals surface area (Å²) in [6.45, 7) is 3.88. The van der Waals surface area contributed by atoms with E-state index in [1.807, 2.05) is 18.2 Å². The molecule has 0 spiro atoms. The van der Waals surface area contributed by atoms with E-state index in [-0.39, 0.29) is 12.5 Å². The lowest BCUT2D eigenvalue weighted by atomic mass is 9.96. The van der Waals surface area contributed by atoms with Gasteiger partial charge in [-0.2, -0.15) is 0 Å². The third-order valence-corrected chi connectivity index (χ3v) is 4.97. The second-order valence-electron chi connectivity index (χ2n) is 6.95. The molecule has 0 radical (unpaired) electrons. The van der Waals surface area contributed by atoms with E-state index in [1.165, 1.54) is 5.56 Å². The van der Waals surface area contributed by atoms with Gasteiger partial charge in [0.2, 0.25) is 0 Å². The van der Waals surface area contributed by atoms with Crippen molar-refractivity contribution in [1.82, 2.24) is 10.2 Å². The number of methoxy groups -OCH3 is 1. The summed E-state index contributed by atoms with van der Waals surface area (Å²) >= 11 is 0. The van der Waals surface area contributed by atoms with Crippen LogP contribution < -0.4 is 14.8 Å². The van der Waals surface area contributed by atoms with Crippen LogP contribution >= 0.6 is 0 Å². The van der Waals surface area contributed by atoms with Crippen molar-refractivity contribution in [2.45, 2.75) is 19.4 Å². The van der Waals surface area contributed by atoms with Crippen molar-refractivity contribution in [2.24, 2.45) is 5.92 Å². The predicted octanol–water partition coefficient (Wildman–Crippen LogP) is 3.10. The van der Waals surface area contributed by atoms with E-state index in [4.69, 9.17) is 9.47 Å². The van der Waals surface area contributed by atoms with Crippen LogP contribution in [-0.4, -0.2) is 44.2 Å². The fraction of sp³-hybridized carbons (Fsp3) is 0.409. The smallest absolute Gasteiger partial charge is 0.257 e. The Morgan fingerprint density at radius 1 is 1.04 bits per heavy atom. The van der Waals surface area contributed by atoms with E-state index >= 15 is 0 Å². The van der Waals surface area contributed by atoms with Gasteiger partial charge in [0.25, 0.3) is 5.91 Å². The highest BCUT2D eigenvalue weighted by Crippen LogP contribution is 2.25. The zero-order chi connectivity index (χ0) is 18.9. The molecule has 1 saturated heterocycles. The number of rotatable bonds is 8. The lowest BCUT2D eigenvalue weighted by molar-refractivity contribution is -0.123. The van der Waals surface area contributed by atoms with Gasteiger partial charge in [-0.25, -0.2) is 0 Å². The number of likely N-dealkylation sites (tertiary alicyclic amines) is 1. The van der Waals surface area contributed by atoms with Crippen LogP contribution in [0.2, 0.25) is 0 Å². The maximum absolute atomic E-state index is 12.1. The van der Waals surface area contributed by atoms with Crippen LogP contribution in [0.5, 0.6) is 11.5 Å². The second kappa shape index (κ2) is 9.97. The SMILES string of the molecule is COc1ccccc1OCC(=O)NCC1CCN(Cc2ccccc2)CC1. The number of nitrogens with one attached hydrogen (secondary N) is 1. The predicted molar refractivity (Wildman–Crippen MR) is 106 cm³/mol. The van der Waals surface area contributed by atoms with Crippen molar-refractivity contribution in [1.29, 1.82) is 0 Å². The van der Waals surface area contributed by atoms with Crippen molar-refractivity contribution >= 4 is 5.91 Å². The van der Waals surface area contributed by atoms with E-state index in [1.54, 1.807) is 13.2 Å². The molecule has 0 unspecified atom stereocenters. The Morgan fingerprint density at radius 3 is 2.41 bits per heavy atom. The van der Waals surface area contributed by atoms with Gasteiger partial charge in [-0.3, -0.25) is 9.69 Å². The first-order valence-corrected chi connectivity index (χ1v) is 9.53. The number of carbonyl (C=O) groups excluding carboxylic acids is 1. The Hall–Kier alpha value is -2.53. The zero-order valence-corrected chi connectivity index (χ0v) is 15.9. The highest BCUT2D eigenvalue weighted by atomic mass is 16.5. The van der Waals surface area contributed by atoms with Crippen molar-refractivity contribution in [3.8, 4) is 11.5 Å². The first-order valence-electron chi connectivity index (χ1n) is 9.53. The fourth-order valence-electron chi connectivity index (χ4n) is 3.38. The number of benzene rings is 2. The molecule has 0 bridgehead atoms. The number of para-hydroxylation sites is 2. The minimum atomic E-state index is -0.0902. The van der Waals surface area contributed by atoms with Gasteiger partial charge < -0.3 is 14.8 Å². The Labute approximate surface area is 161 Å². The van der Waals surface area contributed by atoms with Crippen LogP contribution in [0, 0.1) is 5.92 Å². The standard InChI is InChI=1S/C22H28N2O3/c1-26-20-9-5-6-10-21(20)27-17-22(25)23-15-18-11-13-24(14-12-18)16-19-7-3-2-4-8-19/h2-10,18H,11-17H2,1H3,(H,23,25). The number of piperidine rings is 1. The molecule has 1 aliphatic rings. The molecule has 1 aliphatic heterocycles. The van der Waals surface area contributed by atoms with E-state index in [9.17, 15) is 4.79 Å². The van der Waals surface area contributed by atoms with Gasteiger partial charge in [0, 0.05) is 13.1 Å². The minimum absolute atomic E-state index is 0.00717. The lowest BCUT2D eigenvalue weighted by Gasteiger charge is -2.32. The van der Waals surface area contributed by atoms with Crippen LogP contribution in [-0.2, 0) is 11.3 Å². The van der Waals surface area contributed by atoms with Crippen LogP contribution in [0.3, 0.4) is 0 Å². The van der Waals surface area contributed by atoms with Gasteiger partial charge in [0.15, 0.2) is 18.1 Å². The van der Waals surface area contributed by atoms with Crippen LogP contribution in [0.25, 0.3) is 0 Å². The van der Waals surface area contributed by atoms with Crippen LogP contribution in [0.1, 0.15) is 18.4 Å². The molecule has 2 aromatic carbocycles. The summed E-state index contributed by atoms with van der Waals surface area (Å²) in [7, 11) is 1.59. The Morgan fingerprint density at radius 2 is 1.70 bits per heavy atom. The third kappa shape index (κ3) is 6.00. The molecule has 1 fully saturated rings. The summed E-state index contributed by atoms with van der Waals surface area (Å²) in [4.78, 5) is 14.6. The highest BCUT2D eigenvalue weighted by molar-refractivity contribution is 5.77. The highest BCUT2D eigenvalue weighted by Gasteiger charge is 2.19. The van der Waals surface area contributed by atoms with E-state index in [2.05, 4.69) is 40.5 Å². The average Bonchev–Trinajstić information content (AvgIpc) is 2.72. The molecule has 5 heteroatoms. The monoisotopic (exact) mass is 368 g/mol. The summed E-state index contributed by atoms with van der Waals surface area (Å²) in [5.41, 5.74) is 1.36. The normalized spacial score (nSPS) is 15.3. The maximum atomic E-state index is 12.1. The number of carbonyl (C=O) groups is 1. The Balaban J connectivity index is 1.34. The second-order valence-corrected chi connectivity index (χ2v) is 6.95. The van der Waals surface area contributed by atoms with Crippen molar-refractivity contribution < 1.29 is 14.3 Å². The third-order valence-electron chi connectivity index (χ3n) is 4.97. The van der Waals surface area contributed by atoms with Crippen LogP contribution in [0.4, 0.5) is 0 Å². The molecule has 5 nitrogen and oxygen atoms in total. The molecule has 144 valence electrons. The zero-order valence-electron chi connectivity index (χ0n) is 15.9. The van der Waals surface area contributed by atoms with Crippen molar-refractivity contribution in [3.63, 3.8) is 0 Å². The largest absolute Gasteiger partial charge is 0.493 e. The van der Waals surface area contributed by atoms with Gasteiger partial charge in [0.05, 0.1) is 7.11 Å². The first-order chi connectivity index (χ1) is 13.2. The molecular formula is C22H28N2O3. The summed E-state index contributed by atoms with van der Waals surface area (Å²) in [5.74, 6) is 1.67. The summed E-state index contributed by atoms with van der Waals surface area (Å²) < 4.78 is 10.8. The summed E-state index contributed by atoms with van der Waals surface area (Å²) in [6, 6.07) is 17.9. The molecule has 1 amide bonds. The lowest BCUT2D eigenvalue weighted by Crippen LogP contribution is -2.39. The Bertz CT molecular complexity index is 713. The van der Waals surface area contributed by atoms with Crippen molar-refractivity contribution in [2.75, 3.05) is 33.4 Å². The van der Waals surface area contributed by atoms with Gasteiger partial charge in [-0.05, 0) is 49.5 Å². The van der Waals surface area contributed by atoms with Gasteiger partial charge >= 0.3 is 0 Å². The van der Waals surface area contributed by atoms with Crippen molar-refractivity contribution in [3.05, 3.63) is 60.2 Å². The molecule has 3 rings (SSSR count). The number of hydrogen-bond acceptors (Lipinski definition) is 4. The van der Waals surface area contributed by atoms with E-state index < -0.39 is 0 Å². The fourth-order valence-corrected chi connectivity index (χ4v) is 3.38. The molecular weight excluding hydrogens is 340 g/mol. The number of amides is 1. The number of nitrogens with zero attached hydrogens (tertiary/aromatic N) is 1. The molecule has 0 aliphatic carbocycles. The van der Waals surface area contributed by atoms with E-state index in [0.29, 0.717) is 24.0 Å². The van der Waals surface area contributed by atoms with Gasteiger partial charge in [-0.1, -0.05) is 42.5 Å².